The maximum Gasteiger partial charge on any atom is 0.341 e. The summed E-state index contributed by atoms with van der Waals surface area (Å²) in [5, 5.41) is 5.61. The second kappa shape index (κ2) is 8.82. The molecule has 2 aromatic rings. The Balaban J connectivity index is 2.38. The van der Waals surface area contributed by atoms with E-state index in [1.807, 2.05) is 25.1 Å². The molecule has 0 aliphatic rings. The lowest BCUT2D eigenvalue weighted by Crippen LogP contribution is -2.15. The first-order valence-electron chi connectivity index (χ1n) is 7.91. The van der Waals surface area contributed by atoms with Crippen molar-refractivity contribution < 1.29 is 19.1 Å². The molecule has 2 N–H and O–H groups in total. The first kappa shape index (κ1) is 19.9. The van der Waals surface area contributed by atoms with E-state index in [9.17, 15) is 14.4 Å². The molecule has 0 spiro atoms. The molecule has 6 nitrogen and oxygen atoms in total. The monoisotopic (exact) mass is 394 g/mol. The van der Waals surface area contributed by atoms with E-state index in [2.05, 4.69) is 10.6 Å². The van der Waals surface area contributed by atoms with Crippen LogP contribution < -0.4 is 10.6 Å². The minimum absolute atomic E-state index is 0.171. The molecule has 2 rings (SSSR count). The van der Waals surface area contributed by atoms with Crippen LogP contribution in [0, 0.1) is 13.8 Å². The molecule has 0 bridgehead atoms. The van der Waals surface area contributed by atoms with Gasteiger partial charge in [-0.3, -0.25) is 9.59 Å². The topological polar surface area (TPSA) is 84.5 Å². The Morgan fingerprint density at radius 2 is 1.92 bits per heavy atom. The van der Waals surface area contributed by atoms with Crippen LogP contribution in [-0.4, -0.2) is 30.3 Å². The summed E-state index contributed by atoms with van der Waals surface area (Å²) < 4.78 is 5.04. The van der Waals surface area contributed by atoms with E-state index in [4.69, 9.17) is 16.3 Å². The first-order chi connectivity index (χ1) is 12.4. The fourth-order valence-corrected chi connectivity index (χ4v) is 3.51. The van der Waals surface area contributed by atoms with Crippen LogP contribution in [0.2, 0.25) is 0 Å². The second-order valence-corrected chi connectivity index (χ2v) is 6.77. The number of ether oxygens (including phenoxy) is 1. The number of hydrogen-bond donors (Lipinski definition) is 2. The number of amides is 2. The molecule has 1 aromatic carbocycles. The smallest absolute Gasteiger partial charge is 0.341 e. The van der Waals surface area contributed by atoms with Crippen LogP contribution in [0.3, 0.4) is 0 Å². The largest absolute Gasteiger partial charge is 0.462 e. The molecule has 0 aliphatic heterocycles. The Bertz CT molecular complexity index is 848. The van der Waals surface area contributed by atoms with Gasteiger partial charge in [-0.25, -0.2) is 4.79 Å². The van der Waals surface area contributed by atoms with Crippen LogP contribution in [0.25, 0.3) is 0 Å². The summed E-state index contributed by atoms with van der Waals surface area (Å²) in [6.07, 6.45) is 0. The average molecular weight is 395 g/mol. The van der Waals surface area contributed by atoms with Crippen LogP contribution in [-0.2, 0) is 9.53 Å². The quantitative estimate of drug-likeness (QED) is 0.573. The molecule has 2 amide bonds. The summed E-state index contributed by atoms with van der Waals surface area (Å²) in [7, 11) is 0. The molecule has 26 heavy (non-hydrogen) atoms. The molecule has 0 saturated heterocycles. The average Bonchev–Trinajstić information content (AvgIpc) is 2.91. The van der Waals surface area contributed by atoms with Crippen LogP contribution in [0.4, 0.5) is 10.7 Å². The summed E-state index contributed by atoms with van der Waals surface area (Å²) in [5.74, 6) is -1.69. The summed E-state index contributed by atoms with van der Waals surface area (Å²) in [4.78, 5) is 36.9. The van der Waals surface area contributed by atoms with Gasteiger partial charge in [0.25, 0.3) is 5.91 Å². The lowest BCUT2D eigenvalue weighted by atomic mass is 10.1. The third-order valence-corrected chi connectivity index (χ3v) is 4.93. The normalized spacial score (nSPS) is 10.3. The van der Waals surface area contributed by atoms with Gasteiger partial charge in [-0.1, -0.05) is 12.1 Å². The van der Waals surface area contributed by atoms with Crippen molar-refractivity contribution in [3.8, 4) is 0 Å². The van der Waals surface area contributed by atoms with E-state index in [1.165, 1.54) is 0 Å². The molecule has 1 aromatic heterocycles. The zero-order chi connectivity index (χ0) is 19.3. The number of carbonyl (C=O) groups is 3. The predicted molar refractivity (Wildman–Crippen MR) is 103 cm³/mol. The summed E-state index contributed by atoms with van der Waals surface area (Å²) in [6, 6.07) is 7.37. The molecule has 0 unspecified atom stereocenters. The minimum atomic E-state index is -0.597. The number of carbonyl (C=O) groups excluding carboxylic acids is 3. The van der Waals surface area contributed by atoms with Gasteiger partial charge in [-0.05, 0) is 44.0 Å². The minimum Gasteiger partial charge on any atom is -0.462 e. The van der Waals surface area contributed by atoms with E-state index >= 15 is 0 Å². The molecule has 138 valence electrons. The number of thiophene rings is 1. The van der Waals surface area contributed by atoms with Gasteiger partial charge >= 0.3 is 5.97 Å². The van der Waals surface area contributed by atoms with Gasteiger partial charge in [-0.2, -0.15) is 0 Å². The Morgan fingerprint density at radius 1 is 1.19 bits per heavy atom. The van der Waals surface area contributed by atoms with Gasteiger partial charge in [0.05, 0.1) is 17.0 Å². The number of aryl methyl sites for hydroxylation is 1. The number of esters is 1. The maximum atomic E-state index is 12.7. The van der Waals surface area contributed by atoms with Crippen LogP contribution in [0.15, 0.2) is 24.3 Å². The molecule has 1 heterocycles. The van der Waals surface area contributed by atoms with Crippen LogP contribution >= 0.6 is 22.9 Å². The number of benzene rings is 1. The third-order valence-electron chi connectivity index (χ3n) is 3.48. The fourth-order valence-electron chi connectivity index (χ4n) is 2.34. The molecule has 0 fully saturated rings. The van der Waals surface area contributed by atoms with Crippen LogP contribution in [0.1, 0.15) is 38.1 Å². The van der Waals surface area contributed by atoms with Crippen molar-refractivity contribution in [1.82, 2.24) is 0 Å². The lowest BCUT2D eigenvalue weighted by Gasteiger charge is -2.06. The second-order valence-electron chi connectivity index (χ2n) is 5.49. The Morgan fingerprint density at radius 3 is 2.54 bits per heavy atom. The van der Waals surface area contributed by atoms with Gasteiger partial charge in [0.2, 0.25) is 5.91 Å². The predicted octanol–water partition coefficient (Wildman–Crippen LogP) is 3.97. The van der Waals surface area contributed by atoms with Crippen molar-refractivity contribution in [2.45, 2.75) is 20.8 Å². The van der Waals surface area contributed by atoms with Crippen molar-refractivity contribution in [3.63, 3.8) is 0 Å². The highest BCUT2D eigenvalue weighted by Crippen LogP contribution is 2.34. The molecule has 0 radical (unpaired) electrons. The molecule has 0 atom stereocenters. The number of alkyl halides is 1. The SMILES string of the molecule is CCOC(=O)c1c(NC(=O)CCl)sc(C(=O)Nc2cccc(C)c2)c1C. The molecule has 0 aliphatic carbocycles. The van der Waals surface area contributed by atoms with E-state index < -0.39 is 11.9 Å². The number of nitrogens with one attached hydrogen (secondary N) is 2. The highest BCUT2D eigenvalue weighted by Gasteiger charge is 2.26. The van der Waals surface area contributed by atoms with Crippen molar-refractivity contribution in [2.24, 2.45) is 0 Å². The first-order valence-corrected chi connectivity index (χ1v) is 9.26. The fraction of sp³-hybridized carbons (Fsp3) is 0.278. The summed E-state index contributed by atoms with van der Waals surface area (Å²) in [5.41, 5.74) is 2.27. The van der Waals surface area contributed by atoms with Gasteiger partial charge in [0, 0.05) is 5.69 Å². The Hall–Kier alpha value is -2.38. The van der Waals surface area contributed by atoms with E-state index in [0.29, 0.717) is 16.1 Å². The molecule has 0 saturated carbocycles. The third kappa shape index (κ3) is 4.62. The summed E-state index contributed by atoms with van der Waals surface area (Å²) >= 11 is 6.54. The lowest BCUT2D eigenvalue weighted by molar-refractivity contribution is -0.113. The van der Waals surface area contributed by atoms with Gasteiger partial charge in [-0.15, -0.1) is 22.9 Å². The Labute approximate surface area is 160 Å². The summed E-state index contributed by atoms with van der Waals surface area (Å²) in [6.45, 7) is 5.43. The van der Waals surface area contributed by atoms with Gasteiger partial charge in [0.1, 0.15) is 10.9 Å². The van der Waals surface area contributed by atoms with Crippen molar-refractivity contribution in [3.05, 3.63) is 45.8 Å². The molecule has 8 heteroatoms. The Kier molecular flexibility index (Phi) is 6.76. The van der Waals surface area contributed by atoms with E-state index in [-0.39, 0.29) is 29.0 Å². The van der Waals surface area contributed by atoms with E-state index in [1.54, 1.807) is 19.9 Å². The van der Waals surface area contributed by atoms with Crippen molar-refractivity contribution in [1.29, 1.82) is 0 Å². The number of halogens is 1. The zero-order valence-corrected chi connectivity index (χ0v) is 16.2. The maximum absolute atomic E-state index is 12.7. The zero-order valence-electron chi connectivity index (χ0n) is 14.6. The van der Waals surface area contributed by atoms with Gasteiger partial charge < -0.3 is 15.4 Å². The number of hydrogen-bond acceptors (Lipinski definition) is 5. The van der Waals surface area contributed by atoms with Gasteiger partial charge in [0.15, 0.2) is 0 Å². The van der Waals surface area contributed by atoms with Crippen molar-refractivity contribution in [2.75, 3.05) is 23.1 Å². The number of rotatable bonds is 6. The van der Waals surface area contributed by atoms with E-state index in [0.717, 1.165) is 16.9 Å². The van der Waals surface area contributed by atoms with Crippen molar-refractivity contribution >= 4 is 51.4 Å². The highest BCUT2D eigenvalue weighted by atomic mass is 35.5. The van der Waals surface area contributed by atoms with Crippen LogP contribution in [0.5, 0.6) is 0 Å². The highest BCUT2D eigenvalue weighted by molar-refractivity contribution is 7.19. The number of anilines is 2. The standard InChI is InChI=1S/C18H19ClN2O4S/c1-4-25-18(24)14-11(3)15(26-17(14)21-13(22)9-19)16(23)20-12-7-5-6-10(2)8-12/h5-8H,4,9H2,1-3H3,(H,20,23)(H,21,22). The molecular formula is C18H19ClN2O4S. The molecular weight excluding hydrogens is 376 g/mol.